The molecule has 2 amide bonds. The minimum Gasteiger partial charge on any atom is -0.372 e. The Kier molecular flexibility index (Phi) is 5.74. The highest BCUT2D eigenvalue weighted by Gasteiger charge is 2.26. The van der Waals surface area contributed by atoms with Gasteiger partial charge in [-0.2, -0.15) is 0 Å². The van der Waals surface area contributed by atoms with Gasteiger partial charge in [-0.15, -0.1) is 0 Å². The van der Waals surface area contributed by atoms with Crippen molar-refractivity contribution in [2.24, 2.45) is 5.92 Å². The fraction of sp³-hybridized carbons (Fsp3) is 0.600. The number of carbonyl (C=O) groups is 2. The Balaban J connectivity index is 1.54. The summed E-state index contributed by atoms with van der Waals surface area (Å²) in [5, 5.41) is 3.01. The van der Waals surface area contributed by atoms with Crippen LogP contribution in [0.3, 0.4) is 0 Å². The summed E-state index contributed by atoms with van der Waals surface area (Å²) in [6, 6.07) is 7.55. The van der Waals surface area contributed by atoms with Gasteiger partial charge in [0.05, 0.1) is 12.2 Å². The van der Waals surface area contributed by atoms with E-state index in [-0.39, 0.29) is 29.9 Å². The highest BCUT2D eigenvalue weighted by atomic mass is 16.5. The van der Waals surface area contributed by atoms with Crippen molar-refractivity contribution in [3.8, 4) is 0 Å². The predicted molar refractivity (Wildman–Crippen MR) is 96.2 cm³/mol. The number of nitrogens with one attached hydrogen (secondary N) is 1. The Morgan fingerprint density at radius 2 is 1.68 bits per heavy atom. The average molecular weight is 344 g/mol. The zero-order chi connectivity index (χ0) is 17.8. The van der Waals surface area contributed by atoms with Gasteiger partial charge >= 0.3 is 0 Å². The molecule has 1 aliphatic carbocycles. The number of rotatable bonds is 4. The molecule has 1 saturated carbocycles. The van der Waals surface area contributed by atoms with E-state index in [9.17, 15) is 9.59 Å². The summed E-state index contributed by atoms with van der Waals surface area (Å²) in [7, 11) is 0. The van der Waals surface area contributed by atoms with Gasteiger partial charge in [0.2, 0.25) is 5.91 Å². The van der Waals surface area contributed by atoms with Crippen LogP contribution in [0.5, 0.6) is 0 Å². The van der Waals surface area contributed by atoms with Gasteiger partial charge < -0.3 is 15.0 Å². The molecule has 25 heavy (non-hydrogen) atoms. The van der Waals surface area contributed by atoms with Crippen molar-refractivity contribution < 1.29 is 14.3 Å². The van der Waals surface area contributed by atoms with Crippen LogP contribution in [0.25, 0.3) is 0 Å². The van der Waals surface area contributed by atoms with Crippen molar-refractivity contribution in [3.63, 3.8) is 0 Å². The molecule has 2 atom stereocenters. The van der Waals surface area contributed by atoms with E-state index >= 15 is 0 Å². The summed E-state index contributed by atoms with van der Waals surface area (Å²) in [5.74, 6) is 0.392. The highest BCUT2D eigenvalue weighted by molar-refractivity contribution is 5.94. The standard InChI is InChI=1S/C20H28N2O3/c1-14-12-22(13-15(2)25-14)20(24)18-9-7-16(8-10-18)11-21-19(23)17-5-3-4-6-17/h7-10,14-15,17H,3-6,11-13H2,1-2H3,(H,21,23)/t14-,15-/m0/s1. The van der Waals surface area contributed by atoms with Crippen molar-refractivity contribution in [2.75, 3.05) is 13.1 Å². The van der Waals surface area contributed by atoms with Gasteiger partial charge in [-0.3, -0.25) is 9.59 Å². The molecule has 2 aliphatic rings. The van der Waals surface area contributed by atoms with Crippen LogP contribution in [0.2, 0.25) is 0 Å². The minimum absolute atomic E-state index is 0.0449. The van der Waals surface area contributed by atoms with Crippen LogP contribution in [0.4, 0.5) is 0 Å². The van der Waals surface area contributed by atoms with Crippen LogP contribution in [0.15, 0.2) is 24.3 Å². The van der Waals surface area contributed by atoms with Crippen molar-refractivity contribution in [3.05, 3.63) is 35.4 Å². The van der Waals surface area contributed by atoms with Gasteiger partial charge in [-0.1, -0.05) is 25.0 Å². The smallest absolute Gasteiger partial charge is 0.254 e. The topological polar surface area (TPSA) is 58.6 Å². The fourth-order valence-electron chi connectivity index (χ4n) is 3.81. The second-order valence-corrected chi connectivity index (χ2v) is 7.36. The number of hydrogen-bond donors (Lipinski definition) is 1. The Morgan fingerprint density at radius 3 is 2.28 bits per heavy atom. The minimum atomic E-state index is 0.0449. The van der Waals surface area contributed by atoms with Crippen LogP contribution < -0.4 is 5.32 Å². The molecule has 1 aliphatic heterocycles. The number of benzene rings is 1. The van der Waals surface area contributed by atoms with Crippen LogP contribution in [-0.4, -0.2) is 42.0 Å². The summed E-state index contributed by atoms with van der Waals surface area (Å²) in [6.07, 6.45) is 4.47. The maximum Gasteiger partial charge on any atom is 0.254 e. The van der Waals surface area contributed by atoms with E-state index in [1.54, 1.807) is 0 Å². The second-order valence-electron chi connectivity index (χ2n) is 7.36. The number of amides is 2. The number of carbonyl (C=O) groups excluding carboxylic acids is 2. The first kappa shape index (κ1) is 17.9. The molecule has 5 nitrogen and oxygen atoms in total. The summed E-state index contributed by atoms with van der Waals surface area (Å²) in [4.78, 5) is 26.6. The third kappa shape index (κ3) is 4.60. The van der Waals surface area contributed by atoms with Crippen LogP contribution in [0, 0.1) is 5.92 Å². The maximum absolute atomic E-state index is 12.6. The lowest BCUT2D eigenvalue weighted by atomic mass is 10.1. The molecule has 1 N–H and O–H groups in total. The third-order valence-electron chi connectivity index (χ3n) is 5.10. The summed E-state index contributed by atoms with van der Waals surface area (Å²) >= 11 is 0. The Bertz CT molecular complexity index is 598. The molecule has 136 valence electrons. The second kappa shape index (κ2) is 8.00. The van der Waals surface area contributed by atoms with Crippen LogP contribution >= 0.6 is 0 Å². The number of ether oxygens (including phenoxy) is 1. The highest BCUT2D eigenvalue weighted by Crippen LogP contribution is 2.24. The van der Waals surface area contributed by atoms with Gasteiger partial charge in [-0.05, 0) is 44.4 Å². The molecule has 0 spiro atoms. The lowest BCUT2D eigenvalue weighted by molar-refractivity contribution is -0.124. The Hall–Kier alpha value is -1.88. The first-order valence-corrected chi connectivity index (χ1v) is 9.34. The molecule has 0 aromatic heterocycles. The van der Waals surface area contributed by atoms with Crippen molar-refractivity contribution in [1.29, 1.82) is 0 Å². The maximum atomic E-state index is 12.6. The van der Waals surface area contributed by atoms with Crippen molar-refractivity contribution >= 4 is 11.8 Å². The third-order valence-corrected chi connectivity index (χ3v) is 5.10. The van der Waals surface area contributed by atoms with Crippen molar-refractivity contribution in [2.45, 2.75) is 58.3 Å². The largest absolute Gasteiger partial charge is 0.372 e. The Morgan fingerprint density at radius 1 is 1.08 bits per heavy atom. The zero-order valence-corrected chi connectivity index (χ0v) is 15.2. The molecule has 5 heteroatoms. The van der Waals surface area contributed by atoms with Crippen molar-refractivity contribution in [1.82, 2.24) is 10.2 Å². The normalized spacial score (nSPS) is 24.3. The molecule has 0 bridgehead atoms. The molecule has 1 heterocycles. The molecule has 0 radical (unpaired) electrons. The van der Waals surface area contributed by atoms with E-state index < -0.39 is 0 Å². The molecule has 2 fully saturated rings. The fourth-order valence-corrected chi connectivity index (χ4v) is 3.81. The number of morpholine rings is 1. The number of nitrogens with zero attached hydrogens (tertiary/aromatic N) is 1. The first-order chi connectivity index (χ1) is 12.0. The van der Waals surface area contributed by atoms with Gasteiger partial charge in [0.15, 0.2) is 0 Å². The van der Waals surface area contributed by atoms with E-state index in [1.165, 1.54) is 0 Å². The molecule has 3 rings (SSSR count). The molecule has 1 aromatic rings. The molecule has 1 aromatic carbocycles. The SMILES string of the molecule is C[C@H]1CN(C(=O)c2ccc(CNC(=O)C3CCCC3)cc2)C[C@H](C)O1. The molecular weight excluding hydrogens is 316 g/mol. The average Bonchev–Trinajstić information content (AvgIpc) is 3.13. The van der Waals surface area contributed by atoms with E-state index in [2.05, 4.69) is 5.32 Å². The van der Waals surface area contributed by atoms with E-state index in [0.717, 1.165) is 31.2 Å². The van der Waals surface area contributed by atoms with E-state index in [4.69, 9.17) is 4.74 Å². The monoisotopic (exact) mass is 344 g/mol. The van der Waals surface area contributed by atoms with Gasteiger partial charge in [0, 0.05) is 31.1 Å². The lowest BCUT2D eigenvalue weighted by Gasteiger charge is -2.35. The quantitative estimate of drug-likeness (QED) is 0.914. The van der Waals surface area contributed by atoms with E-state index in [0.29, 0.717) is 25.2 Å². The Labute approximate surface area is 149 Å². The summed E-state index contributed by atoms with van der Waals surface area (Å²) in [5.41, 5.74) is 1.71. The van der Waals surface area contributed by atoms with Gasteiger partial charge in [0.25, 0.3) is 5.91 Å². The van der Waals surface area contributed by atoms with E-state index in [1.807, 2.05) is 43.0 Å². The zero-order valence-electron chi connectivity index (χ0n) is 15.2. The summed E-state index contributed by atoms with van der Waals surface area (Å²) in [6.45, 7) is 5.76. The van der Waals surface area contributed by atoms with Crippen LogP contribution in [0.1, 0.15) is 55.5 Å². The summed E-state index contributed by atoms with van der Waals surface area (Å²) < 4.78 is 5.68. The molecule has 0 unspecified atom stereocenters. The molecular formula is C20H28N2O3. The van der Waals surface area contributed by atoms with Crippen LogP contribution in [-0.2, 0) is 16.1 Å². The first-order valence-electron chi connectivity index (χ1n) is 9.34. The number of hydrogen-bond acceptors (Lipinski definition) is 3. The van der Waals surface area contributed by atoms with Gasteiger partial charge in [-0.25, -0.2) is 0 Å². The van der Waals surface area contributed by atoms with Gasteiger partial charge in [0.1, 0.15) is 0 Å². The lowest BCUT2D eigenvalue weighted by Crippen LogP contribution is -2.48. The molecule has 1 saturated heterocycles. The predicted octanol–water partition coefficient (Wildman–Crippen LogP) is 2.74.